The van der Waals surface area contributed by atoms with Crippen LogP contribution in [0.25, 0.3) is 0 Å². The van der Waals surface area contributed by atoms with Crippen LogP contribution in [-0.2, 0) is 11.3 Å². The fourth-order valence-electron chi connectivity index (χ4n) is 2.14. The van der Waals surface area contributed by atoms with Gasteiger partial charge in [0.05, 0.1) is 24.9 Å². The minimum Gasteiger partial charge on any atom is -0.495 e. The van der Waals surface area contributed by atoms with Crippen LogP contribution >= 0.6 is 24.0 Å². The molecule has 4 N–H and O–H groups in total. The van der Waals surface area contributed by atoms with E-state index in [0.717, 1.165) is 5.56 Å². The molecular weight excluding hydrogens is 381 g/mol. The second-order valence-electron chi connectivity index (χ2n) is 5.36. The van der Waals surface area contributed by atoms with E-state index in [-0.39, 0.29) is 43.7 Å². The molecule has 0 radical (unpaired) electrons. The van der Waals surface area contributed by atoms with Gasteiger partial charge in [0.15, 0.2) is 0 Å². The fourth-order valence-corrected chi connectivity index (χ4v) is 2.29. The smallest absolute Gasteiger partial charge is 0.254 e. The van der Waals surface area contributed by atoms with Crippen molar-refractivity contribution in [2.24, 2.45) is 5.73 Å². The minimum absolute atomic E-state index is 0. The lowest BCUT2D eigenvalue weighted by Gasteiger charge is -2.12. The number of carbonyl (C=O) groups is 2. The van der Waals surface area contributed by atoms with Crippen molar-refractivity contribution < 1.29 is 18.7 Å². The maximum absolute atomic E-state index is 12.1. The van der Waals surface area contributed by atoms with Crippen molar-refractivity contribution in [2.75, 3.05) is 19.0 Å². The number of methoxy groups -OCH3 is 1. The topological polar surface area (TPSA) is 107 Å². The third-order valence-corrected chi connectivity index (χ3v) is 3.92. The first kappa shape index (κ1) is 21.8. The number of furan rings is 1. The molecule has 0 aliphatic rings. The second kappa shape index (κ2) is 10.1. The summed E-state index contributed by atoms with van der Waals surface area (Å²) in [5, 5.41) is 5.95. The zero-order chi connectivity index (χ0) is 18.4. The molecule has 9 heteroatoms. The molecule has 7 nitrogen and oxygen atoms in total. The number of halogens is 2. The summed E-state index contributed by atoms with van der Waals surface area (Å²) in [7, 11) is 1.50. The van der Waals surface area contributed by atoms with E-state index in [1.807, 2.05) is 6.92 Å². The van der Waals surface area contributed by atoms with Crippen LogP contribution in [0.3, 0.4) is 0 Å². The maximum Gasteiger partial charge on any atom is 0.254 e. The van der Waals surface area contributed by atoms with E-state index in [2.05, 4.69) is 10.6 Å². The largest absolute Gasteiger partial charge is 0.495 e. The molecule has 142 valence electrons. The molecule has 1 aromatic heterocycles. The van der Waals surface area contributed by atoms with E-state index in [4.69, 9.17) is 26.5 Å². The van der Waals surface area contributed by atoms with Gasteiger partial charge in [-0.2, -0.15) is 0 Å². The standard InChI is InChI=1S/C17H20ClN3O4.ClH/c1-10-5-14(15(24-2)7-13(10)18)21-16(22)3-4-20-17(23)11-6-12(8-19)25-9-11;/h5-7,9H,3-4,8,19H2,1-2H3,(H,20,23)(H,21,22);1H. The molecule has 0 aliphatic carbocycles. The van der Waals surface area contributed by atoms with Gasteiger partial charge in [0.2, 0.25) is 5.91 Å². The van der Waals surface area contributed by atoms with E-state index < -0.39 is 0 Å². The Hall–Kier alpha value is -2.22. The van der Waals surface area contributed by atoms with E-state index in [0.29, 0.717) is 27.8 Å². The van der Waals surface area contributed by atoms with Crippen molar-refractivity contribution >= 4 is 41.5 Å². The lowest BCUT2D eigenvalue weighted by Crippen LogP contribution is -2.27. The summed E-state index contributed by atoms with van der Waals surface area (Å²) in [6.07, 6.45) is 1.44. The predicted octanol–water partition coefficient (Wildman–Crippen LogP) is 2.89. The number of hydrogen-bond acceptors (Lipinski definition) is 5. The van der Waals surface area contributed by atoms with E-state index in [9.17, 15) is 9.59 Å². The third-order valence-electron chi connectivity index (χ3n) is 3.51. The quantitative estimate of drug-likeness (QED) is 0.660. The van der Waals surface area contributed by atoms with Crippen LogP contribution in [0.5, 0.6) is 5.75 Å². The number of benzene rings is 1. The number of rotatable bonds is 7. The molecule has 0 bridgehead atoms. The van der Waals surface area contributed by atoms with Crippen LogP contribution in [0, 0.1) is 6.92 Å². The summed E-state index contributed by atoms with van der Waals surface area (Å²) in [4.78, 5) is 24.0. The maximum atomic E-state index is 12.1. The molecule has 2 aromatic rings. The highest BCUT2D eigenvalue weighted by Crippen LogP contribution is 2.30. The average Bonchev–Trinajstić information content (AvgIpc) is 3.07. The van der Waals surface area contributed by atoms with Gasteiger partial charge >= 0.3 is 0 Å². The Bertz CT molecular complexity index is 777. The first-order chi connectivity index (χ1) is 11.9. The molecule has 0 unspecified atom stereocenters. The normalized spacial score (nSPS) is 10.0. The number of hydrogen-bond donors (Lipinski definition) is 3. The Morgan fingerprint density at radius 3 is 2.65 bits per heavy atom. The molecule has 0 spiro atoms. The van der Waals surface area contributed by atoms with Gasteiger partial charge in [0.1, 0.15) is 17.8 Å². The zero-order valence-electron chi connectivity index (χ0n) is 14.4. The Kier molecular flexibility index (Phi) is 8.44. The van der Waals surface area contributed by atoms with Crippen molar-refractivity contribution in [1.29, 1.82) is 0 Å². The van der Waals surface area contributed by atoms with Crippen molar-refractivity contribution in [2.45, 2.75) is 19.9 Å². The second-order valence-corrected chi connectivity index (χ2v) is 5.77. The monoisotopic (exact) mass is 401 g/mol. The summed E-state index contributed by atoms with van der Waals surface area (Å²) in [6, 6.07) is 4.94. The number of nitrogens with two attached hydrogens (primary N) is 1. The van der Waals surface area contributed by atoms with E-state index in [1.165, 1.54) is 13.4 Å². The first-order valence-electron chi connectivity index (χ1n) is 7.64. The molecule has 1 aromatic carbocycles. The van der Waals surface area contributed by atoms with Crippen LogP contribution < -0.4 is 21.1 Å². The number of amides is 2. The van der Waals surface area contributed by atoms with Gasteiger partial charge in [-0.25, -0.2) is 0 Å². The van der Waals surface area contributed by atoms with Gasteiger partial charge < -0.3 is 25.5 Å². The van der Waals surface area contributed by atoms with Crippen molar-refractivity contribution in [3.05, 3.63) is 46.4 Å². The lowest BCUT2D eigenvalue weighted by molar-refractivity contribution is -0.116. The van der Waals surface area contributed by atoms with Crippen molar-refractivity contribution in [3.8, 4) is 5.75 Å². The highest BCUT2D eigenvalue weighted by Gasteiger charge is 2.12. The van der Waals surface area contributed by atoms with Crippen LogP contribution in [0.2, 0.25) is 5.02 Å². The van der Waals surface area contributed by atoms with Gasteiger partial charge in [-0.15, -0.1) is 12.4 Å². The number of aryl methyl sites for hydroxylation is 1. The molecule has 0 atom stereocenters. The molecule has 0 saturated carbocycles. The predicted molar refractivity (Wildman–Crippen MR) is 102 cm³/mol. The van der Waals surface area contributed by atoms with E-state index in [1.54, 1.807) is 18.2 Å². The SMILES string of the molecule is COc1cc(Cl)c(C)cc1NC(=O)CCNC(=O)c1coc(CN)c1.Cl. The summed E-state index contributed by atoms with van der Waals surface area (Å²) < 4.78 is 10.3. The van der Waals surface area contributed by atoms with Crippen LogP contribution in [0.4, 0.5) is 5.69 Å². The molecule has 2 rings (SSSR count). The Labute approximate surface area is 162 Å². The average molecular weight is 402 g/mol. The number of nitrogens with one attached hydrogen (secondary N) is 2. The zero-order valence-corrected chi connectivity index (χ0v) is 16.0. The summed E-state index contributed by atoms with van der Waals surface area (Å²) in [5.41, 5.74) is 7.15. The highest BCUT2D eigenvalue weighted by atomic mass is 35.5. The molecular formula is C17H21Cl2N3O4. The van der Waals surface area contributed by atoms with Gasteiger partial charge in [-0.05, 0) is 24.6 Å². The minimum atomic E-state index is -0.323. The van der Waals surface area contributed by atoms with Gasteiger partial charge in [-0.1, -0.05) is 11.6 Å². The van der Waals surface area contributed by atoms with Gasteiger partial charge in [0.25, 0.3) is 5.91 Å². The van der Waals surface area contributed by atoms with Crippen LogP contribution in [0.15, 0.2) is 28.9 Å². The van der Waals surface area contributed by atoms with Crippen LogP contribution in [-0.4, -0.2) is 25.5 Å². The number of ether oxygens (including phenoxy) is 1. The molecule has 0 fully saturated rings. The summed E-state index contributed by atoms with van der Waals surface area (Å²) in [5.74, 6) is 0.417. The first-order valence-corrected chi connectivity index (χ1v) is 8.02. The van der Waals surface area contributed by atoms with Gasteiger partial charge in [0, 0.05) is 24.1 Å². The fraction of sp³-hybridized carbons (Fsp3) is 0.294. The third kappa shape index (κ3) is 5.66. The Balaban J connectivity index is 0.00000338. The summed E-state index contributed by atoms with van der Waals surface area (Å²) >= 11 is 6.03. The molecule has 2 amide bonds. The molecule has 0 saturated heterocycles. The Morgan fingerprint density at radius 2 is 2.04 bits per heavy atom. The van der Waals surface area contributed by atoms with Crippen molar-refractivity contribution in [1.82, 2.24) is 5.32 Å². The summed E-state index contributed by atoms with van der Waals surface area (Å²) in [6.45, 7) is 2.24. The van der Waals surface area contributed by atoms with Gasteiger partial charge in [-0.3, -0.25) is 9.59 Å². The Morgan fingerprint density at radius 1 is 1.31 bits per heavy atom. The molecule has 26 heavy (non-hydrogen) atoms. The number of anilines is 1. The van der Waals surface area contributed by atoms with Crippen LogP contribution in [0.1, 0.15) is 28.1 Å². The number of carbonyl (C=O) groups excluding carboxylic acids is 2. The lowest BCUT2D eigenvalue weighted by atomic mass is 10.2. The van der Waals surface area contributed by atoms with E-state index >= 15 is 0 Å². The molecule has 1 heterocycles. The highest BCUT2D eigenvalue weighted by molar-refractivity contribution is 6.31. The molecule has 0 aliphatic heterocycles. The van der Waals surface area contributed by atoms with Crippen molar-refractivity contribution in [3.63, 3.8) is 0 Å².